The van der Waals surface area contributed by atoms with E-state index in [1.807, 2.05) is 13.8 Å². The fourth-order valence-corrected chi connectivity index (χ4v) is 2.21. The zero-order valence-corrected chi connectivity index (χ0v) is 14.4. The van der Waals surface area contributed by atoms with E-state index < -0.39 is 17.6 Å². The minimum atomic E-state index is -4.54. The molecule has 0 aliphatic carbocycles. The molecule has 2 amide bonds. The van der Waals surface area contributed by atoms with Gasteiger partial charge in [0.1, 0.15) is 0 Å². The molecule has 4 nitrogen and oxygen atoms in total. The molecule has 0 aromatic heterocycles. The Balaban J connectivity index is 2.21. The molecule has 0 atom stereocenters. The summed E-state index contributed by atoms with van der Waals surface area (Å²) in [4.78, 5) is 24.6. The molecule has 2 N–H and O–H groups in total. The lowest BCUT2D eigenvalue weighted by Crippen LogP contribution is -2.28. The molecule has 0 saturated heterocycles. The van der Waals surface area contributed by atoms with Crippen molar-refractivity contribution in [2.45, 2.75) is 20.0 Å². The van der Waals surface area contributed by atoms with E-state index in [4.69, 9.17) is 0 Å². The number of alkyl halides is 3. The number of amides is 2. The highest BCUT2D eigenvalue weighted by Gasteiger charge is 2.31. The largest absolute Gasteiger partial charge is 0.416 e. The molecule has 2 aromatic rings. The molecule has 7 heteroatoms. The molecule has 0 spiro atoms. The Morgan fingerprint density at radius 3 is 2.35 bits per heavy atom. The van der Waals surface area contributed by atoms with Crippen LogP contribution in [0.2, 0.25) is 0 Å². The molecule has 0 aliphatic rings. The highest BCUT2D eigenvalue weighted by molar-refractivity contribution is 6.09. The Morgan fingerprint density at radius 2 is 1.69 bits per heavy atom. The summed E-state index contributed by atoms with van der Waals surface area (Å²) in [5.41, 5.74) is -0.574. The van der Waals surface area contributed by atoms with Gasteiger partial charge in [-0.25, -0.2) is 0 Å². The number of hydrogen-bond acceptors (Lipinski definition) is 2. The number of benzene rings is 2. The molecule has 2 rings (SSSR count). The molecule has 0 bridgehead atoms. The summed E-state index contributed by atoms with van der Waals surface area (Å²) in [5, 5.41) is 5.25. The average molecular weight is 364 g/mol. The summed E-state index contributed by atoms with van der Waals surface area (Å²) in [6.07, 6.45) is -4.54. The number of nitrogens with one attached hydrogen (secondary N) is 2. The molecule has 0 aliphatic heterocycles. The lowest BCUT2D eigenvalue weighted by atomic mass is 10.1. The van der Waals surface area contributed by atoms with Gasteiger partial charge in [-0.1, -0.05) is 32.0 Å². The molecule has 0 fully saturated rings. The number of rotatable bonds is 5. The van der Waals surface area contributed by atoms with Crippen molar-refractivity contribution in [3.63, 3.8) is 0 Å². The van der Waals surface area contributed by atoms with Crippen molar-refractivity contribution in [3.05, 3.63) is 65.2 Å². The number of halogens is 3. The van der Waals surface area contributed by atoms with Gasteiger partial charge < -0.3 is 10.6 Å². The normalized spacial score (nSPS) is 11.3. The maximum absolute atomic E-state index is 12.8. The molecular formula is C19H19F3N2O2. The van der Waals surface area contributed by atoms with E-state index in [2.05, 4.69) is 10.6 Å². The first-order valence-electron chi connectivity index (χ1n) is 8.04. The smallest absolute Gasteiger partial charge is 0.352 e. The van der Waals surface area contributed by atoms with E-state index in [1.165, 1.54) is 24.3 Å². The van der Waals surface area contributed by atoms with Crippen LogP contribution in [0, 0.1) is 5.92 Å². The van der Waals surface area contributed by atoms with E-state index in [0.717, 1.165) is 12.1 Å². The van der Waals surface area contributed by atoms with Crippen LogP contribution >= 0.6 is 0 Å². The van der Waals surface area contributed by atoms with Gasteiger partial charge >= 0.3 is 6.18 Å². The van der Waals surface area contributed by atoms with Gasteiger partial charge in [0.05, 0.1) is 16.8 Å². The van der Waals surface area contributed by atoms with Crippen LogP contribution < -0.4 is 10.6 Å². The Hall–Kier alpha value is -2.83. The van der Waals surface area contributed by atoms with Gasteiger partial charge in [0, 0.05) is 12.1 Å². The summed E-state index contributed by atoms with van der Waals surface area (Å²) >= 11 is 0. The highest BCUT2D eigenvalue weighted by atomic mass is 19.4. The predicted octanol–water partition coefficient (Wildman–Crippen LogP) is 4.34. The van der Waals surface area contributed by atoms with Crippen molar-refractivity contribution >= 4 is 17.5 Å². The molecule has 0 unspecified atom stereocenters. The molecule has 2 aromatic carbocycles. The SMILES string of the molecule is CC(C)CNC(=O)c1ccccc1NC(=O)c1cccc(C(F)(F)F)c1. The number of para-hydroxylation sites is 1. The summed E-state index contributed by atoms with van der Waals surface area (Å²) in [6, 6.07) is 10.4. The topological polar surface area (TPSA) is 58.2 Å². The fourth-order valence-electron chi connectivity index (χ4n) is 2.21. The summed E-state index contributed by atoms with van der Waals surface area (Å²) in [6.45, 7) is 4.36. The van der Waals surface area contributed by atoms with Crippen molar-refractivity contribution < 1.29 is 22.8 Å². The first-order chi connectivity index (χ1) is 12.2. The van der Waals surface area contributed by atoms with Crippen LogP contribution in [0.3, 0.4) is 0 Å². The van der Waals surface area contributed by atoms with Crippen molar-refractivity contribution in [2.24, 2.45) is 5.92 Å². The van der Waals surface area contributed by atoms with Gasteiger partial charge in [-0.05, 0) is 36.2 Å². The lowest BCUT2D eigenvalue weighted by molar-refractivity contribution is -0.137. The van der Waals surface area contributed by atoms with Gasteiger partial charge in [0.25, 0.3) is 11.8 Å². The van der Waals surface area contributed by atoms with Crippen LogP contribution in [-0.2, 0) is 6.18 Å². The second-order valence-electron chi connectivity index (χ2n) is 6.18. The van der Waals surface area contributed by atoms with Crippen LogP contribution in [0.5, 0.6) is 0 Å². The third-order valence-electron chi connectivity index (χ3n) is 3.54. The highest BCUT2D eigenvalue weighted by Crippen LogP contribution is 2.29. The van der Waals surface area contributed by atoms with E-state index in [9.17, 15) is 22.8 Å². The van der Waals surface area contributed by atoms with Crippen LogP contribution in [-0.4, -0.2) is 18.4 Å². The van der Waals surface area contributed by atoms with E-state index >= 15 is 0 Å². The molecule has 26 heavy (non-hydrogen) atoms. The van der Waals surface area contributed by atoms with Crippen molar-refractivity contribution in [3.8, 4) is 0 Å². The van der Waals surface area contributed by atoms with Gasteiger partial charge in [-0.3, -0.25) is 9.59 Å². The van der Waals surface area contributed by atoms with Crippen molar-refractivity contribution in [2.75, 3.05) is 11.9 Å². The molecule has 0 radical (unpaired) electrons. The molecular weight excluding hydrogens is 345 g/mol. The number of hydrogen-bond donors (Lipinski definition) is 2. The minimum absolute atomic E-state index is 0.141. The second-order valence-corrected chi connectivity index (χ2v) is 6.18. The van der Waals surface area contributed by atoms with E-state index in [1.54, 1.807) is 12.1 Å². The van der Waals surface area contributed by atoms with Gasteiger partial charge in [0.15, 0.2) is 0 Å². The van der Waals surface area contributed by atoms with Crippen LogP contribution in [0.4, 0.5) is 18.9 Å². The Kier molecular flexibility index (Phi) is 6.02. The standard InChI is InChI=1S/C19H19F3N2O2/c1-12(2)11-23-18(26)15-8-3-4-9-16(15)24-17(25)13-6-5-7-14(10-13)19(20,21)22/h3-10,12H,11H2,1-2H3,(H,23,26)(H,24,25). The monoisotopic (exact) mass is 364 g/mol. The predicted molar refractivity (Wildman–Crippen MR) is 93.0 cm³/mol. The Labute approximate surface area is 149 Å². The first-order valence-corrected chi connectivity index (χ1v) is 8.04. The van der Waals surface area contributed by atoms with Crippen LogP contribution in [0.25, 0.3) is 0 Å². The third-order valence-corrected chi connectivity index (χ3v) is 3.54. The van der Waals surface area contributed by atoms with Crippen molar-refractivity contribution in [1.29, 1.82) is 0 Å². The molecule has 138 valence electrons. The van der Waals surface area contributed by atoms with Crippen LogP contribution in [0.1, 0.15) is 40.1 Å². The lowest BCUT2D eigenvalue weighted by Gasteiger charge is -2.13. The minimum Gasteiger partial charge on any atom is -0.352 e. The van der Waals surface area contributed by atoms with E-state index in [0.29, 0.717) is 6.54 Å². The second kappa shape index (κ2) is 8.03. The Morgan fingerprint density at radius 1 is 1.00 bits per heavy atom. The van der Waals surface area contributed by atoms with Gasteiger partial charge in [-0.2, -0.15) is 13.2 Å². The zero-order valence-electron chi connectivity index (χ0n) is 14.4. The molecule has 0 heterocycles. The maximum atomic E-state index is 12.8. The summed E-state index contributed by atoms with van der Waals surface area (Å²) in [7, 11) is 0. The third kappa shape index (κ3) is 5.08. The van der Waals surface area contributed by atoms with Crippen molar-refractivity contribution in [1.82, 2.24) is 5.32 Å². The van der Waals surface area contributed by atoms with E-state index in [-0.39, 0.29) is 28.6 Å². The van der Waals surface area contributed by atoms with Gasteiger partial charge in [-0.15, -0.1) is 0 Å². The summed E-state index contributed by atoms with van der Waals surface area (Å²) in [5.74, 6) is -0.829. The first kappa shape index (κ1) is 19.5. The molecule has 0 saturated carbocycles. The van der Waals surface area contributed by atoms with Crippen LogP contribution in [0.15, 0.2) is 48.5 Å². The Bertz CT molecular complexity index is 801. The number of carbonyl (C=O) groups excluding carboxylic acids is 2. The zero-order chi connectivity index (χ0) is 19.3. The number of carbonyl (C=O) groups is 2. The maximum Gasteiger partial charge on any atom is 0.416 e. The quantitative estimate of drug-likeness (QED) is 0.829. The van der Waals surface area contributed by atoms with Gasteiger partial charge in [0.2, 0.25) is 0 Å². The average Bonchev–Trinajstić information content (AvgIpc) is 2.59. The fraction of sp³-hybridized carbons (Fsp3) is 0.263. The number of anilines is 1. The summed E-state index contributed by atoms with van der Waals surface area (Å²) < 4.78 is 38.4.